The molecule has 0 atom stereocenters. The highest BCUT2D eigenvalue weighted by Crippen LogP contribution is 2.35. The van der Waals surface area contributed by atoms with Crippen LogP contribution < -0.4 is 4.74 Å². The van der Waals surface area contributed by atoms with Crippen molar-refractivity contribution >= 4 is 40.3 Å². The van der Waals surface area contributed by atoms with Gasteiger partial charge in [-0.25, -0.2) is 0 Å². The fourth-order valence-corrected chi connectivity index (χ4v) is 3.70. The number of aryl methyl sites for hydroxylation is 1. The summed E-state index contributed by atoms with van der Waals surface area (Å²) < 4.78 is 5.64. The minimum atomic E-state index is -0.109. The number of amides is 1. The van der Waals surface area contributed by atoms with Crippen LogP contribution in [0.3, 0.4) is 0 Å². The number of nitrogens with zero attached hydrogens (tertiary/aromatic N) is 1. The zero-order valence-electron chi connectivity index (χ0n) is 13.9. The number of hydrogen-bond acceptors (Lipinski definition) is 5. The Kier molecular flexibility index (Phi) is 5.11. The second-order valence-corrected chi connectivity index (χ2v) is 7.36. The molecule has 128 valence electrons. The first-order valence-electron chi connectivity index (χ1n) is 7.66. The fourth-order valence-electron chi connectivity index (χ4n) is 2.45. The number of methoxy groups -OCH3 is 1. The molecule has 2 aromatic carbocycles. The number of thiocarbonyl (C=S) groups is 1. The number of phenolic OH excluding ortho intramolecular Hbond substituents is 1. The van der Waals surface area contributed by atoms with Gasteiger partial charge < -0.3 is 9.84 Å². The van der Waals surface area contributed by atoms with Gasteiger partial charge in [0.2, 0.25) is 0 Å². The molecule has 4 nitrogen and oxygen atoms in total. The number of ether oxygens (including phenoxy) is 1. The van der Waals surface area contributed by atoms with Gasteiger partial charge in [0.05, 0.1) is 18.6 Å². The highest BCUT2D eigenvalue weighted by molar-refractivity contribution is 8.26. The molecule has 0 aromatic heterocycles. The maximum absolute atomic E-state index is 12.7. The van der Waals surface area contributed by atoms with Crippen molar-refractivity contribution in [2.75, 3.05) is 7.11 Å². The number of benzene rings is 2. The lowest BCUT2D eigenvalue weighted by Gasteiger charge is -2.14. The van der Waals surface area contributed by atoms with E-state index in [1.807, 2.05) is 31.2 Å². The Hall–Kier alpha value is -2.31. The summed E-state index contributed by atoms with van der Waals surface area (Å²) in [5.41, 5.74) is 2.98. The molecule has 1 aliphatic heterocycles. The normalized spacial score (nSPS) is 15.9. The Bertz CT molecular complexity index is 859. The molecule has 1 aliphatic rings. The average Bonchev–Trinajstić information content (AvgIpc) is 2.86. The number of aromatic hydroxyl groups is 1. The van der Waals surface area contributed by atoms with E-state index in [-0.39, 0.29) is 11.7 Å². The Morgan fingerprint density at radius 2 is 1.96 bits per heavy atom. The molecule has 0 radical (unpaired) electrons. The topological polar surface area (TPSA) is 49.8 Å². The minimum absolute atomic E-state index is 0.0616. The third-order valence-corrected chi connectivity index (χ3v) is 5.21. The van der Waals surface area contributed by atoms with E-state index in [1.54, 1.807) is 23.1 Å². The molecule has 0 aliphatic carbocycles. The molecule has 1 heterocycles. The molecule has 0 saturated carbocycles. The second-order valence-electron chi connectivity index (χ2n) is 5.68. The van der Waals surface area contributed by atoms with Crippen molar-refractivity contribution in [3.8, 4) is 11.5 Å². The molecule has 1 amide bonds. The van der Waals surface area contributed by atoms with Crippen molar-refractivity contribution in [1.29, 1.82) is 0 Å². The molecule has 0 bridgehead atoms. The third kappa shape index (κ3) is 3.86. The van der Waals surface area contributed by atoms with Crippen LogP contribution in [-0.2, 0) is 11.3 Å². The first-order chi connectivity index (χ1) is 12.0. The highest BCUT2D eigenvalue weighted by atomic mass is 32.2. The minimum Gasteiger partial charge on any atom is -0.504 e. The van der Waals surface area contributed by atoms with Gasteiger partial charge >= 0.3 is 0 Å². The number of carbonyl (C=O) groups excluding carboxylic acids is 1. The predicted molar refractivity (Wildman–Crippen MR) is 105 cm³/mol. The Morgan fingerprint density at radius 3 is 2.64 bits per heavy atom. The van der Waals surface area contributed by atoms with Crippen molar-refractivity contribution in [2.24, 2.45) is 0 Å². The van der Waals surface area contributed by atoms with E-state index < -0.39 is 0 Å². The van der Waals surface area contributed by atoms with Gasteiger partial charge in [0, 0.05) is 0 Å². The smallest absolute Gasteiger partial charge is 0.266 e. The number of carbonyl (C=O) groups is 1. The summed E-state index contributed by atoms with van der Waals surface area (Å²) in [4.78, 5) is 14.8. The Balaban J connectivity index is 1.82. The molecule has 1 N–H and O–H groups in total. The largest absolute Gasteiger partial charge is 0.504 e. The van der Waals surface area contributed by atoms with E-state index in [0.717, 1.165) is 11.1 Å². The van der Waals surface area contributed by atoms with Crippen molar-refractivity contribution in [2.45, 2.75) is 13.5 Å². The summed E-state index contributed by atoms with van der Waals surface area (Å²) in [6, 6.07) is 13.0. The number of rotatable bonds is 4. The maximum Gasteiger partial charge on any atom is 0.266 e. The number of thioether (sulfide) groups is 1. The first kappa shape index (κ1) is 17.5. The SMILES string of the molecule is COc1cc(C=C2SC(=S)N(Cc3ccc(C)cc3)C2=O)ccc1O. The molecule has 0 spiro atoms. The molecule has 2 aromatic rings. The van der Waals surface area contributed by atoms with Crippen LogP contribution in [0.25, 0.3) is 6.08 Å². The lowest BCUT2D eigenvalue weighted by molar-refractivity contribution is -0.122. The third-order valence-electron chi connectivity index (χ3n) is 3.84. The van der Waals surface area contributed by atoms with Crippen LogP contribution in [0.2, 0.25) is 0 Å². The summed E-state index contributed by atoms with van der Waals surface area (Å²) >= 11 is 6.65. The zero-order chi connectivity index (χ0) is 18.0. The average molecular weight is 371 g/mol. The first-order valence-corrected chi connectivity index (χ1v) is 8.88. The van der Waals surface area contributed by atoms with Gasteiger partial charge in [-0.1, -0.05) is 59.9 Å². The van der Waals surface area contributed by atoms with Gasteiger partial charge in [0.25, 0.3) is 5.91 Å². The van der Waals surface area contributed by atoms with E-state index in [9.17, 15) is 9.90 Å². The summed E-state index contributed by atoms with van der Waals surface area (Å²) in [5, 5.41) is 9.67. The van der Waals surface area contributed by atoms with Gasteiger partial charge in [-0.15, -0.1) is 0 Å². The van der Waals surface area contributed by atoms with Crippen LogP contribution in [0.5, 0.6) is 11.5 Å². The van der Waals surface area contributed by atoms with E-state index in [4.69, 9.17) is 17.0 Å². The van der Waals surface area contributed by atoms with Crippen LogP contribution >= 0.6 is 24.0 Å². The monoisotopic (exact) mass is 371 g/mol. The van der Waals surface area contributed by atoms with Gasteiger partial charge in [-0.05, 0) is 36.3 Å². The van der Waals surface area contributed by atoms with Gasteiger partial charge in [0.15, 0.2) is 11.5 Å². The lowest BCUT2D eigenvalue weighted by Crippen LogP contribution is -2.27. The van der Waals surface area contributed by atoms with Crippen LogP contribution in [0, 0.1) is 6.92 Å². The molecule has 1 fully saturated rings. The number of phenols is 1. The van der Waals surface area contributed by atoms with Crippen LogP contribution in [0.1, 0.15) is 16.7 Å². The van der Waals surface area contributed by atoms with E-state index in [1.165, 1.54) is 30.5 Å². The standard InChI is InChI=1S/C19H17NO3S2/c1-12-3-5-13(6-4-12)11-20-18(22)17(25-19(20)24)10-14-7-8-15(21)16(9-14)23-2/h3-10,21H,11H2,1-2H3. The summed E-state index contributed by atoms with van der Waals surface area (Å²) in [5.74, 6) is 0.318. The maximum atomic E-state index is 12.7. The van der Waals surface area contributed by atoms with E-state index in [2.05, 4.69) is 0 Å². The van der Waals surface area contributed by atoms with Crippen molar-refractivity contribution in [3.63, 3.8) is 0 Å². The van der Waals surface area contributed by atoms with Crippen LogP contribution in [-0.4, -0.2) is 27.3 Å². The predicted octanol–water partition coefficient (Wildman–Crippen LogP) is 4.11. The molecule has 25 heavy (non-hydrogen) atoms. The fraction of sp³-hybridized carbons (Fsp3) is 0.158. The quantitative estimate of drug-likeness (QED) is 0.647. The zero-order valence-corrected chi connectivity index (χ0v) is 15.5. The van der Waals surface area contributed by atoms with Gasteiger partial charge in [-0.2, -0.15) is 0 Å². The van der Waals surface area contributed by atoms with Gasteiger partial charge in [-0.3, -0.25) is 9.69 Å². The highest BCUT2D eigenvalue weighted by Gasteiger charge is 2.31. The molecule has 0 unspecified atom stereocenters. The molecular weight excluding hydrogens is 354 g/mol. The molecular formula is C19H17NO3S2. The Labute approximate surface area is 156 Å². The van der Waals surface area contributed by atoms with E-state index >= 15 is 0 Å². The molecule has 1 saturated heterocycles. The Morgan fingerprint density at radius 1 is 1.24 bits per heavy atom. The number of hydrogen-bond donors (Lipinski definition) is 1. The van der Waals surface area contributed by atoms with E-state index in [0.29, 0.717) is 21.5 Å². The van der Waals surface area contributed by atoms with Crippen LogP contribution in [0.4, 0.5) is 0 Å². The molecule has 6 heteroatoms. The summed E-state index contributed by atoms with van der Waals surface area (Å²) in [6.07, 6.45) is 1.76. The second kappa shape index (κ2) is 7.29. The van der Waals surface area contributed by atoms with Crippen LogP contribution in [0.15, 0.2) is 47.4 Å². The van der Waals surface area contributed by atoms with Crippen molar-refractivity contribution in [1.82, 2.24) is 4.90 Å². The summed E-state index contributed by atoms with van der Waals surface area (Å²) in [6.45, 7) is 2.49. The molecule has 3 rings (SSSR count). The van der Waals surface area contributed by atoms with Crippen molar-refractivity contribution < 1.29 is 14.6 Å². The van der Waals surface area contributed by atoms with Crippen molar-refractivity contribution in [3.05, 3.63) is 64.1 Å². The summed E-state index contributed by atoms with van der Waals surface area (Å²) in [7, 11) is 1.49. The lowest BCUT2D eigenvalue weighted by atomic mass is 10.1. The van der Waals surface area contributed by atoms with Gasteiger partial charge in [0.1, 0.15) is 4.32 Å².